The van der Waals surface area contributed by atoms with Crippen LogP contribution in [0, 0.1) is 12.3 Å². The van der Waals surface area contributed by atoms with E-state index in [2.05, 4.69) is 15.0 Å². The lowest BCUT2D eigenvalue weighted by atomic mass is 9.73. The fraction of sp³-hybridized carbons (Fsp3) is 0.579. The maximum Gasteiger partial charge on any atom is 0.137 e. The number of nitrogens with zero attached hydrogens (tertiary/aromatic N) is 3. The zero-order valence-electron chi connectivity index (χ0n) is 14.7. The number of hydrogen-bond donors (Lipinski definition) is 0. The molecular weight excluding hydrogens is 318 g/mol. The summed E-state index contributed by atoms with van der Waals surface area (Å²) in [5.74, 6) is 1.69. The van der Waals surface area contributed by atoms with E-state index in [9.17, 15) is 0 Å². The molecule has 0 bridgehead atoms. The molecule has 0 unspecified atom stereocenters. The Balaban J connectivity index is 1.46. The van der Waals surface area contributed by atoms with Crippen molar-refractivity contribution in [3.05, 3.63) is 42.0 Å². The first-order valence-corrected chi connectivity index (χ1v) is 9.03. The van der Waals surface area contributed by atoms with Gasteiger partial charge in [-0.15, -0.1) is 0 Å². The Labute approximate surface area is 148 Å². The first-order valence-electron chi connectivity index (χ1n) is 9.03. The van der Waals surface area contributed by atoms with Gasteiger partial charge in [0, 0.05) is 43.9 Å². The van der Waals surface area contributed by atoms with Crippen LogP contribution in [0.5, 0.6) is 5.75 Å². The topological polar surface area (TPSA) is 60.6 Å². The fourth-order valence-corrected chi connectivity index (χ4v) is 4.11. The number of likely N-dealkylation sites (tertiary alicyclic amines) is 1. The summed E-state index contributed by atoms with van der Waals surface area (Å²) in [4.78, 5) is 6.59. The lowest BCUT2D eigenvalue weighted by molar-refractivity contribution is -0.141. The van der Waals surface area contributed by atoms with Crippen molar-refractivity contribution in [1.29, 1.82) is 0 Å². The SMILES string of the molecule is Cc1cc(CN2CC[C@@H]3OCCC[C@@]3(COc3cccnc3)C2)no1. The zero-order chi connectivity index (χ0) is 17.1. The van der Waals surface area contributed by atoms with Gasteiger partial charge in [-0.1, -0.05) is 5.16 Å². The molecule has 0 N–H and O–H groups in total. The van der Waals surface area contributed by atoms with Crippen molar-refractivity contribution in [3.63, 3.8) is 0 Å². The van der Waals surface area contributed by atoms with Gasteiger partial charge in [-0.25, -0.2) is 0 Å². The third-order valence-electron chi connectivity index (χ3n) is 5.29. The maximum atomic E-state index is 6.12. The number of pyridine rings is 1. The van der Waals surface area contributed by atoms with Gasteiger partial charge >= 0.3 is 0 Å². The highest BCUT2D eigenvalue weighted by molar-refractivity contribution is 5.16. The Kier molecular flexibility index (Phi) is 4.72. The van der Waals surface area contributed by atoms with E-state index in [4.69, 9.17) is 14.0 Å². The first-order chi connectivity index (χ1) is 12.2. The van der Waals surface area contributed by atoms with Gasteiger partial charge in [0.05, 0.1) is 24.6 Å². The zero-order valence-corrected chi connectivity index (χ0v) is 14.7. The number of hydrogen-bond acceptors (Lipinski definition) is 6. The summed E-state index contributed by atoms with van der Waals surface area (Å²) in [5, 5.41) is 4.14. The molecule has 2 saturated heterocycles. The van der Waals surface area contributed by atoms with Crippen LogP contribution in [0.4, 0.5) is 0 Å². The number of aromatic nitrogens is 2. The van der Waals surface area contributed by atoms with Crippen LogP contribution in [-0.4, -0.2) is 47.4 Å². The highest BCUT2D eigenvalue weighted by atomic mass is 16.5. The van der Waals surface area contributed by atoms with Crippen LogP contribution in [0.15, 0.2) is 35.1 Å². The van der Waals surface area contributed by atoms with E-state index in [-0.39, 0.29) is 11.5 Å². The molecule has 0 radical (unpaired) electrons. The molecule has 0 amide bonds. The van der Waals surface area contributed by atoms with E-state index in [1.165, 1.54) is 0 Å². The van der Waals surface area contributed by atoms with Crippen LogP contribution in [0.25, 0.3) is 0 Å². The second-order valence-corrected chi connectivity index (χ2v) is 7.23. The lowest BCUT2D eigenvalue weighted by Gasteiger charge is -2.50. The van der Waals surface area contributed by atoms with E-state index < -0.39 is 0 Å². The van der Waals surface area contributed by atoms with Crippen molar-refractivity contribution >= 4 is 0 Å². The number of aryl methyl sites for hydroxylation is 1. The minimum absolute atomic E-state index is 0.0329. The predicted molar refractivity (Wildman–Crippen MR) is 92.3 cm³/mol. The molecule has 4 heterocycles. The highest BCUT2D eigenvalue weighted by Crippen LogP contribution is 2.41. The Bertz CT molecular complexity index is 690. The van der Waals surface area contributed by atoms with Gasteiger partial charge in [0.15, 0.2) is 0 Å². The minimum Gasteiger partial charge on any atom is -0.491 e. The van der Waals surface area contributed by atoms with Crippen LogP contribution in [-0.2, 0) is 11.3 Å². The molecule has 0 spiro atoms. The predicted octanol–water partition coefficient (Wildman–Crippen LogP) is 2.83. The minimum atomic E-state index is 0.0329. The normalized spacial score (nSPS) is 27.0. The molecule has 2 aromatic heterocycles. The lowest BCUT2D eigenvalue weighted by Crippen LogP contribution is -2.57. The molecule has 2 fully saturated rings. The molecule has 4 rings (SSSR count). The van der Waals surface area contributed by atoms with Gasteiger partial charge in [0.25, 0.3) is 0 Å². The van der Waals surface area contributed by atoms with Crippen LogP contribution in [0.1, 0.15) is 30.7 Å². The Hall–Kier alpha value is -1.92. The molecule has 25 heavy (non-hydrogen) atoms. The summed E-state index contributed by atoms with van der Waals surface area (Å²) >= 11 is 0. The van der Waals surface area contributed by atoms with E-state index in [1.54, 1.807) is 12.4 Å². The van der Waals surface area contributed by atoms with Crippen molar-refractivity contribution in [2.24, 2.45) is 5.41 Å². The van der Waals surface area contributed by atoms with E-state index in [1.807, 2.05) is 25.1 Å². The van der Waals surface area contributed by atoms with Crippen LogP contribution < -0.4 is 4.74 Å². The van der Waals surface area contributed by atoms with Crippen molar-refractivity contribution < 1.29 is 14.0 Å². The third kappa shape index (κ3) is 3.70. The molecule has 134 valence electrons. The van der Waals surface area contributed by atoms with Crippen molar-refractivity contribution in [1.82, 2.24) is 15.0 Å². The molecular formula is C19H25N3O3. The first kappa shape index (κ1) is 16.5. The van der Waals surface area contributed by atoms with E-state index in [0.717, 1.165) is 62.7 Å². The largest absolute Gasteiger partial charge is 0.491 e. The van der Waals surface area contributed by atoms with Crippen molar-refractivity contribution in [2.75, 3.05) is 26.3 Å². The monoisotopic (exact) mass is 343 g/mol. The quantitative estimate of drug-likeness (QED) is 0.832. The molecule has 0 aromatic carbocycles. The summed E-state index contributed by atoms with van der Waals surface area (Å²) in [7, 11) is 0. The number of piperidine rings is 1. The second kappa shape index (κ2) is 7.14. The summed E-state index contributed by atoms with van der Waals surface area (Å²) < 4.78 is 17.4. The molecule has 2 aliphatic rings. The summed E-state index contributed by atoms with van der Waals surface area (Å²) in [5.41, 5.74) is 1.03. The van der Waals surface area contributed by atoms with Crippen LogP contribution in [0.2, 0.25) is 0 Å². The van der Waals surface area contributed by atoms with Gasteiger partial charge in [0.2, 0.25) is 0 Å². The second-order valence-electron chi connectivity index (χ2n) is 7.23. The number of ether oxygens (including phenoxy) is 2. The molecule has 0 saturated carbocycles. The van der Waals surface area contributed by atoms with Gasteiger partial charge in [0.1, 0.15) is 11.5 Å². The molecule has 2 atom stereocenters. The molecule has 0 aliphatic carbocycles. The Morgan fingerprint density at radius 2 is 2.40 bits per heavy atom. The average Bonchev–Trinajstić information content (AvgIpc) is 3.05. The summed E-state index contributed by atoms with van der Waals surface area (Å²) in [6.45, 7) is 6.26. The van der Waals surface area contributed by atoms with E-state index in [0.29, 0.717) is 6.61 Å². The van der Waals surface area contributed by atoms with Gasteiger partial charge < -0.3 is 14.0 Å². The van der Waals surface area contributed by atoms with Crippen molar-refractivity contribution in [3.8, 4) is 5.75 Å². The molecule has 2 aliphatic heterocycles. The standard InChI is InChI=1S/C19H25N3O3/c1-15-10-16(21-25-15)12-22-8-5-18-19(13-22,6-3-9-23-18)14-24-17-4-2-7-20-11-17/h2,4,7,10-11,18H,3,5-6,8-9,12-14H2,1H3/t18-,19-/m0/s1. The highest BCUT2D eigenvalue weighted by Gasteiger charge is 2.46. The Morgan fingerprint density at radius 3 is 3.20 bits per heavy atom. The summed E-state index contributed by atoms with van der Waals surface area (Å²) in [6, 6.07) is 5.88. The third-order valence-corrected chi connectivity index (χ3v) is 5.29. The van der Waals surface area contributed by atoms with Gasteiger partial charge in [-0.2, -0.15) is 0 Å². The summed E-state index contributed by atoms with van der Waals surface area (Å²) in [6.07, 6.45) is 7.06. The average molecular weight is 343 g/mol. The van der Waals surface area contributed by atoms with Crippen molar-refractivity contribution in [2.45, 2.75) is 38.8 Å². The van der Waals surface area contributed by atoms with Gasteiger partial charge in [-0.3, -0.25) is 9.88 Å². The Morgan fingerprint density at radius 1 is 1.44 bits per heavy atom. The van der Waals surface area contributed by atoms with Crippen LogP contribution >= 0.6 is 0 Å². The van der Waals surface area contributed by atoms with Gasteiger partial charge in [-0.05, 0) is 38.3 Å². The van der Waals surface area contributed by atoms with Crippen LogP contribution in [0.3, 0.4) is 0 Å². The fourth-order valence-electron chi connectivity index (χ4n) is 4.11. The maximum absolute atomic E-state index is 6.12. The van der Waals surface area contributed by atoms with E-state index >= 15 is 0 Å². The smallest absolute Gasteiger partial charge is 0.137 e. The molecule has 2 aromatic rings. The number of fused-ring (bicyclic) bond motifs is 1. The molecule has 6 heteroatoms. The number of rotatable bonds is 5. The molecule has 6 nitrogen and oxygen atoms in total.